The van der Waals surface area contributed by atoms with Gasteiger partial charge in [-0.05, 0) is 12.0 Å². The SMILES string of the molecule is COCCN1C(=O)C(N)CC=CC1c1ccccc1. The summed E-state index contributed by atoms with van der Waals surface area (Å²) in [4.78, 5) is 14.1. The van der Waals surface area contributed by atoms with Crippen molar-refractivity contribution in [1.82, 2.24) is 4.90 Å². The average Bonchev–Trinajstić information content (AvgIpc) is 2.58. The number of carbonyl (C=O) groups excluding carboxylic acids is 1. The molecule has 0 spiro atoms. The fraction of sp³-hybridized carbons (Fsp3) is 0.400. The lowest BCUT2D eigenvalue weighted by molar-refractivity contribution is -0.134. The van der Waals surface area contributed by atoms with Crippen molar-refractivity contribution in [3.8, 4) is 0 Å². The third-order valence-electron chi connectivity index (χ3n) is 3.32. The Morgan fingerprint density at radius 1 is 1.37 bits per heavy atom. The van der Waals surface area contributed by atoms with Crippen LogP contribution in [0.1, 0.15) is 18.0 Å². The molecular weight excluding hydrogens is 240 g/mol. The first-order chi connectivity index (χ1) is 9.24. The normalized spacial score (nSPS) is 23.5. The Hall–Kier alpha value is -1.65. The van der Waals surface area contributed by atoms with Crippen LogP contribution in [-0.4, -0.2) is 37.1 Å². The summed E-state index contributed by atoms with van der Waals surface area (Å²) in [5, 5.41) is 0. The highest BCUT2D eigenvalue weighted by molar-refractivity contribution is 5.83. The molecule has 1 aromatic rings. The molecule has 0 fully saturated rings. The van der Waals surface area contributed by atoms with Gasteiger partial charge in [-0.15, -0.1) is 0 Å². The Kier molecular flexibility index (Phi) is 4.71. The molecule has 1 heterocycles. The summed E-state index contributed by atoms with van der Waals surface area (Å²) >= 11 is 0. The molecule has 0 radical (unpaired) electrons. The van der Waals surface area contributed by atoms with E-state index in [0.29, 0.717) is 19.6 Å². The summed E-state index contributed by atoms with van der Waals surface area (Å²) in [5.74, 6) is -0.0177. The van der Waals surface area contributed by atoms with E-state index in [9.17, 15) is 4.79 Å². The van der Waals surface area contributed by atoms with Crippen LogP contribution in [0.3, 0.4) is 0 Å². The van der Waals surface area contributed by atoms with E-state index < -0.39 is 6.04 Å². The zero-order chi connectivity index (χ0) is 13.7. The number of ether oxygens (including phenoxy) is 1. The molecule has 0 aliphatic carbocycles. The van der Waals surface area contributed by atoms with Gasteiger partial charge in [-0.2, -0.15) is 0 Å². The van der Waals surface area contributed by atoms with Crippen molar-refractivity contribution in [2.24, 2.45) is 5.73 Å². The number of nitrogens with two attached hydrogens (primary N) is 1. The minimum atomic E-state index is -0.457. The van der Waals surface area contributed by atoms with E-state index in [2.05, 4.69) is 6.08 Å². The third-order valence-corrected chi connectivity index (χ3v) is 3.32. The van der Waals surface area contributed by atoms with E-state index in [1.54, 1.807) is 12.0 Å². The fourth-order valence-electron chi connectivity index (χ4n) is 2.29. The first-order valence-corrected chi connectivity index (χ1v) is 6.50. The van der Waals surface area contributed by atoms with Crippen LogP contribution in [0, 0.1) is 0 Å². The van der Waals surface area contributed by atoms with Crippen LogP contribution in [0.4, 0.5) is 0 Å². The van der Waals surface area contributed by atoms with Gasteiger partial charge in [0.15, 0.2) is 0 Å². The molecule has 102 valence electrons. The molecule has 2 N–H and O–H groups in total. The highest BCUT2D eigenvalue weighted by Gasteiger charge is 2.28. The van der Waals surface area contributed by atoms with Crippen LogP contribution in [0.2, 0.25) is 0 Å². The average molecular weight is 260 g/mol. The van der Waals surface area contributed by atoms with Crippen LogP contribution in [-0.2, 0) is 9.53 Å². The fourth-order valence-corrected chi connectivity index (χ4v) is 2.29. The first kappa shape index (κ1) is 13.8. The van der Waals surface area contributed by atoms with Crippen LogP contribution in [0.15, 0.2) is 42.5 Å². The number of hydrogen-bond donors (Lipinski definition) is 1. The standard InChI is InChI=1S/C15H20N2O2/c1-19-11-10-17-14(12-6-3-2-4-7-12)9-5-8-13(16)15(17)18/h2-7,9,13-14H,8,10-11,16H2,1H3. The minimum absolute atomic E-state index is 0.0177. The lowest BCUT2D eigenvalue weighted by Gasteiger charge is -2.30. The molecule has 0 bridgehead atoms. The molecule has 2 atom stereocenters. The van der Waals surface area contributed by atoms with Crippen molar-refractivity contribution in [2.45, 2.75) is 18.5 Å². The molecule has 4 nitrogen and oxygen atoms in total. The summed E-state index contributed by atoms with van der Waals surface area (Å²) in [5.41, 5.74) is 6.99. The summed E-state index contributed by atoms with van der Waals surface area (Å²) in [6.45, 7) is 1.06. The van der Waals surface area contributed by atoms with Gasteiger partial charge in [0.25, 0.3) is 0 Å². The van der Waals surface area contributed by atoms with Gasteiger partial charge in [-0.1, -0.05) is 42.5 Å². The van der Waals surface area contributed by atoms with E-state index in [0.717, 1.165) is 5.56 Å². The lowest BCUT2D eigenvalue weighted by atomic mass is 10.1. The van der Waals surface area contributed by atoms with Gasteiger partial charge in [0.05, 0.1) is 18.7 Å². The Morgan fingerprint density at radius 2 is 2.11 bits per heavy atom. The Bertz CT molecular complexity index is 445. The summed E-state index contributed by atoms with van der Waals surface area (Å²) in [6.07, 6.45) is 4.63. The Balaban J connectivity index is 2.28. The maximum atomic E-state index is 12.3. The van der Waals surface area contributed by atoms with Crippen molar-refractivity contribution in [1.29, 1.82) is 0 Å². The number of carbonyl (C=O) groups is 1. The number of benzene rings is 1. The quantitative estimate of drug-likeness (QED) is 0.834. The van der Waals surface area contributed by atoms with Gasteiger partial charge in [0.1, 0.15) is 0 Å². The van der Waals surface area contributed by atoms with E-state index in [1.807, 2.05) is 36.4 Å². The van der Waals surface area contributed by atoms with Crippen LogP contribution in [0.25, 0.3) is 0 Å². The molecule has 2 rings (SSSR count). The Labute approximate surface area is 113 Å². The van der Waals surface area contributed by atoms with Crippen LogP contribution < -0.4 is 5.73 Å². The minimum Gasteiger partial charge on any atom is -0.383 e. The number of rotatable bonds is 4. The summed E-state index contributed by atoms with van der Waals surface area (Å²) in [7, 11) is 1.63. The molecule has 2 unspecified atom stereocenters. The van der Waals surface area contributed by atoms with Crippen molar-refractivity contribution in [3.05, 3.63) is 48.0 Å². The second-order valence-corrected chi connectivity index (χ2v) is 4.65. The highest BCUT2D eigenvalue weighted by atomic mass is 16.5. The lowest BCUT2D eigenvalue weighted by Crippen LogP contribution is -2.45. The van der Waals surface area contributed by atoms with Gasteiger partial charge in [0.2, 0.25) is 5.91 Å². The first-order valence-electron chi connectivity index (χ1n) is 6.50. The van der Waals surface area contributed by atoms with Gasteiger partial charge in [0, 0.05) is 13.7 Å². The third kappa shape index (κ3) is 3.22. The number of nitrogens with zero attached hydrogens (tertiary/aromatic N) is 1. The summed E-state index contributed by atoms with van der Waals surface area (Å²) < 4.78 is 5.09. The van der Waals surface area contributed by atoms with Crippen molar-refractivity contribution in [2.75, 3.05) is 20.3 Å². The predicted molar refractivity (Wildman–Crippen MR) is 74.5 cm³/mol. The van der Waals surface area contributed by atoms with Gasteiger partial charge < -0.3 is 15.4 Å². The maximum Gasteiger partial charge on any atom is 0.240 e. The smallest absolute Gasteiger partial charge is 0.240 e. The van der Waals surface area contributed by atoms with Gasteiger partial charge >= 0.3 is 0 Å². The maximum absolute atomic E-state index is 12.3. The van der Waals surface area contributed by atoms with Crippen LogP contribution in [0.5, 0.6) is 0 Å². The molecule has 0 saturated heterocycles. The van der Waals surface area contributed by atoms with Gasteiger partial charge in [-0.3, -0.25) is 4.79 Å². The van der Waals surface area contributed by atoms with E-state index in [4.69, 9.17) is 10.5 Å². The van der Waals surface area contributed by atoms with E-state index >= 15 is 0 Å². The topological polar surface area (TPSA) is 55.6 Å². The molecule has 1 aromatic carbocycles. The molecule has 4 heteroatoms. The molecule has 0 aromatic heterocycles. The predicted octanol–water partition coefficient (Wildman–Crippen LogP) is 1.49. The highest BCUT2D eigenvalue weighted by Crippen LogP contribution is 2.25. The molecule has 1 amide bonds. The van der Waals surface area contributed by atoms with Gasteiger partial charge in [-0.25, -0.2) is 0 Å². The van der Waals surface area contributed by atoms with E-state index in [1.165, 1.54) is 0 Å². The largest absolute Gasteiger partial charge is 0.383 e. The van der Waals surface area contributed by atoms with Crippen LogP contribution >= 0.6 is 0 Å². The molecule has 19 heavy (non-hydrogen) atoms. The van der Waals surface area contributed by atoms with Crippen molar-refractivity contribution >= 4 is 5.91 Å². The molecule has 1 aliphatic rings. The number of methoxy groups -OCH3 is 1. The monoisotopic (exact) mass is 260 g/mol. The molecular formula is C15H20N2O2. The van der Waals surface area contributed by atoms with Crippen molar-refractivity contribution < 1.29 is 9.53 Å². The second-order valence-electron chi connectivity index (χ2n) is 4.65. The molecule has 0 saturated carbocycles. The molecule has 1 aliphatic heterocycles. The Morgan fingerprint density at radius 3 is 2.79 bits per heavy atom. The second kappa shape index (κ2) is 6.50. The zero-order valence-corrected chi connectivity index (χ0v) is 11.2. The summed E-state index contributed by atoms with van der Waals surface area (Å²) in [6, 6.07) is 9.47. The number of amides is 1. The zero-order valence-electron chi connectivity index (χ0n) is 11.2. The van der Waals surface area contributed by atoms with E-state index in [-0.39, 0.29) is 11.9 Å². The number of hydrogen-bond acceptors (Lipinski definition) is 3. The van der Waals surface area contributed by atoms with Crippen molar-refractivity contribution in [3.63, 3.8) is 0 Å².